The van der Waals surface area contributed by atoms with Gasteiger partial charge in [0.05, 0.1) is 17.3 Å². The van der Waals surface area contributed by atoms with E-state index in [2.05, 4.69) is 15.8 Å². The van der Waals surface area contributed by atoms with Crippen LogP contribution >= 0.6 is 11.3 Å². The van der Waals surface area contributed by atoms with E-state index in [1.54, 1.807) is 11.3 Å². The van der Waals surface area contributed by atoms with Crippen LogP contribution in [0.15, 0.2) is 65.8 Å². The van der Waals surface area contributed by atoms with Gasteiger partial charge in [-0.3, -0.25) is 9.59 Å². The number of aromatic nitrogens is 1. The van der Waals surface area contributed by atoms with Crippen molar-refractivity contribution in [2.24, 2.45) is 5.10 Å². The minimum Gasteiger partial charge on any atom is -0.322 e. The molecule has 5 rings (SSSR count). The minimum absolute atomic E-state index is 0.143. The number of carbonyl (C=O) groups is 2. The predicted octanol–water partition coefficient (Wildman–Crippen LogP) is 7.07. The highest BCUT2D eigenvalue weighted by atomic mass is 32.1. The number of anilines is 1. The fraction of sp³-hybridized carbons (Fsp3) is 0.233. The Hall–Kier alpha value is -4.18. The van der Waals surface area contributed by atoms with Crippen LogP contribution in [0.4, 0.5) is 18.9 Å². The maximum atomic E-state index is 13.6. The lowest BCUT2D eigenvalue weighted by Crippen LogP contribution is -2.18. The van der Waals surface area contributed by atoms with Gasteiger partial charge in [0.1, 0.15) is 5.00 Å². The molecule has 10 heteroatoms. The zero-order valence-electron chi connectivity index (χ0n) is 21.9. The van der Waals surface area contributed by atoms with E-state index in [4.69, 9.17) is 0 Å². The van der Waals surface area contributed by atoms with Crippen LogP contribution in [0.2, 0.25) is 0 Å². The van der Waals surface area contributed by atoms with E-state index in [1.807, 2.05) is 54.8 Å². The third-order valence-electron chi connectivity index (χ3n) is 6.91. The summed E-state index contributed by atoms with van der Waals surface area (Å²) in [6.07, 6.45) is 0.803. The molecule has 0 radical (unpaired) electrons. The molecule has 0 saturated heterocycles. The van der Waals surface area contributed by atoms with Crippen molar-refractivity contribution in [3.63, 3.8) is 0 Å². The first kappa shape index (κ1) is 27.4. The summed E-state index contributed by atoms with van der Waals surface area (Å²) in [6, 6.07) is 15.4. The van der Waals surface area contributed by atoms with Gasteiger partial charge >= 0.3 is 6.18 Å². The highest BCUT2D eigenvalue weighted by molar-refractivity contribution is 7.15. The van der Waals surface area contributed by atoms with Crippen LogP contribution in [0.25, 0.3) is 5.00 Å². The van der Waals surface area contributed by atoms with Gasteiger partial charge in [-0.2, -0.15) is 18.3 Å². The molecule has 2 heterocycles. The monoisotopic (exact) mass is 564 g/mol. The maximum absolute atomic E-state index is 13.6. The maximum Gasteiger partial charge on any atom is 0.416 e. The number of hydrazone groups is 1. The van der Waals surface area contributed by atoms with Gasteiger partial charge in [-0.05, 0) is 81.5 Å². The van der Waals surface area contributed by atoms with Gasteiger partial charge in [0.25, 0.3) is 11.8 Å². The number of nitrogens with one attached hydrogen (secondary N) is 2. The molecular weight excluding hydrogens is 537 g/mol. The summed E-state index contributed by atoms with van der Waals surface area (Å²) in [5.74, 6) is -0.904. The Bertz CT molecular complexity index is 1600. The Morgan fingerprint density at radius 1 is 0.975 bits per heavy atom. The third-order valence-corrected chi connectivity index (χ3v) is 8.18. The van der Waals surface area contributed by atoms with E-state index >= 15 is 0 Å². The lowest BCUT2D eigenvalue weighted by molar-refractivity contribution is -0.137. The quantitative estimate of drug-likeness (QED) is 0.194. The van der Waals surface area contributed by atoms with E-state index < -0.39 is 17.6 Å². The summed E-state index contributed by atoms with van der Waals surface area (Å²) in [5.41, 5.74) is 6.17. The van der Waals surface area contributed by atoms with Crippen molar-refractivity contribution in [1.29, 1.82) is 0 Å². The van der Waals surface area contributed by atoms with Crippen LogP contribution in [-0.2, 0) is 19.0 Å². The standard InChI is InChI=1S/C30H27F3N4O2S/c1-18-15-21(17-34-36-27(38)20-9-8-10-22(16-20)30(31,32)33)19(2)37(18)29-26(24-13-6-7-14-25(24)40-29)28(39)35-23-11-4-3-5-12-23/h3-5,8-12,15-17H,6-7,13-14H2,1-2H3,(H,35,39)(H,36,38)/b34-17-. The first-order valence-electron chi connectivity index (χ1n) is 12.8. The van der Waals surface area contributed by atoms with Crippen LogP contribution in [0.1, 0.15) is 66.5 Å². The molecule has 6 nitrogen and oxygen atoms in total. The van der Waals surface area contributed by atoms with Crippen LogP contribution in [0, 0.1) is 13.8 Å². The van der Waals surface area contributed by atoms with E-state index in [-0.39, 0.29) is 11.5 Å². The highest BCUT2D eigenvalue weighted by Gasteiger charge is 2.31. The molecule has 206 valence electrons. The predicted molar refractivity (Wildman–Crippen MR) is 151 cm³/mol. The molecule has 0 saturated carbocycles. The van der Waals surface area contributed by atoms with Gasteiger partial charge in [-0.1, -0.05) is 24.3 Å². The van der Waals surface area contributed by atoms with Gasteiger partial charge in [0.15, 0.2) is 0 Å². The number of hydrogen-bond acceptors (Lipinski definition) is 4. The van der Waals surface area contributed by atoms with Crippen molar-refractivity contribution >= 4 is 35.1 Å². The smallest absolute Gasteiger partial charge is 0.322 e. The minimum atomic E-state index is -4.55. The summed E-state index contributed by atoms with van der Waals surface area (Å²) in [7, 11) is 0. The summed E-state index contributed by atoms with van der Waals surface area (Å²) >= 11 is 1.62. The molecule has 0 fully saturated rings. The average Bonchev–Trinajstić information content (AvgIpc) is 3.44. The number of para-hydroxylation sites is 1. The Morgan fingerprint density at radius 3 is 2.48 bits per heavy atom. The van der Waals surface area contributed by atoms with E-state index in [0.29, 0.717) is 11.1 Å². The molecule has 1 aliphatic rings. The van der Waals surface area contributed by atoms with Crippen LogP contribution in [0.3, 0.4) is 0 Å². The Labute approximate surface area is 233 Å². The van der Waals surface area contributed by atoms with Gasteiger partial charge in [-0.25, -0.2) is 5.43 Å². The van der Waals surface area contributed by atoms with Crippen LogP contribution in [-0.4, -0.2) is 22.6 Å². The zero-order chi connectivity index (χ0) is 28.4. The number of amides is 2. The molecule has 2 amide bonds. The molecule has 0 aliphatic heterocycles. The molecule has 1 aliphatic carbocycles. The second-order valence-electron chi connectivity index (χ2n) is 9.65. The Balaban J connectivity index is 1.42. The number of nitrogens with zero attached hydrogens (tertiary/aromatic N) is 2. The van der Waals surface area contributed by atoms with E-state index in [9.17, 15) is 22.8 Å². The number of alkyl halides is 3. The van der Waals surface area contributed by atoms with Crippen molar-refractivity contribution in [1.82, 2.24) is 9.99 Å². The molecule has 0 unspecified atom stereocenters. The number of fused-ring (bicyclic) bond motifs is 1. The molecule has 0 atom stereocenters. The Morgan fingerprint density at radius 2 is 1.73 bits per heavy atom. The van der Waals surface area contributed by atoms with Crippen molar-refractivity contribution in [3.8, 4) is 5.00 Å². The second kappa shape index (κ2) is 11.1. The topological polar surface area (TPSA) is 75.5 Å². The number of hydrogen-bond donors (Lipinski definition) is 2. The fourth-order valence-electron chi connectivity index (χ4n) is 4.95. The third kappa shape index (κ3) is 5.58. The number of carbonyl (C=O) groups excluding carboxylic acids is 2. The summed E-state index contributed by atoms with van der Waals surface area (Å²) in [5, 5.41) is 7.87. The average molecular weight is 565 g/mol. The normalized spacial score (nSPS) is 13.3. The molecule has 0 bridgehead atoms. The lowest BCUT2D eigenvalue weighted by Gasteiger charge is -2.14. The molecule has 2 N–H and O–H groups in total. The molecule has 0 spiro atoms. The molecule has 4 aromatic rings. The van der Waals surface area contributed by atoms with E-state index in [0.717, 1.165) is 65.5 Å². The van der Waals surface area contributed by atoms with Gasteiger partial charge in [0, 0.05) is 33.1 Å². The molecule has 2 aromatic heterocycles. The van der Waals surface area contributed by atoms with Crippen molar-refractivity contribution in [2.45, 2.75) is 45.7 Å². The number of aryl methyl sites for hydroxylation is 2. The Kier molecular flexibility index (Phi) is 7.62. The first-order chi connectivity index (χ1) is 19.1. The zero-order valence-corrected chi connectivity index (χ0v) is 22.7. The number of rotatable bonds is 6. The summed E-state index contributed by atoms with van der Waals surface area (Å²) < 4.78 is 41.0. The van der Waals surface area contributed by atoms with E-state index in [1.165, 1.54) is 23.2 Å². The van der Waals surface area contributed by atoms with Crippen LogP contribution < -0.4 is 10.7 Å². The summed E-state index contributed by atoms with van der Waals surface area (Å²) in [4.78, 5) is 27.2. The van der Waals surface area contributed by atoms with Gasteiger partial charge in [-0.15, -0.1) is 11.3 Å². The van der Waals surface area contributed by atoms with Crippen molar-refractivity contribution in [2.75, 3.05) is 5.32 Å². The number of thiophene rings is 1. The number of benzene rings is 2. The van der Waals surface area contributed by atoms with Crippen molar-refractivity contribution < 1.29 is 22.8 Å². The lowest BCUT2D eigenvalue weighted by atomic mass is 9.95. The summed E-state index contributed by atoms with van der Waals surface area (Å²) in [6.45, 7) is 3.84. The molecular formula is C30H27F3N4O2S. The first-order valence-corrected chi connectivity index (χ1v) is 13.7. The second-order valence-corrected chi connectivity index (χ2v) is 10.7. The van der Waals surface area contributed by atoms with Crippen molar-refractivity contribution in [3.05, 3.63) is 105 Å². The SMILES string of the molecule is Cc1cc(/C=N\NC(=O)c2cccc(C(F)(F)F)c2)c(C)n1-c1sc2c(c1C(=O)Nc1ccccc1)CCCC2. The molecule has 2 aromatic carbocycles. The molecule has 40 heavy (non-hydrogen) atoms. The highest BCUT2D eigenvalue weighted by Crippen LogP contribution is 2.39. The fourth-order valence-corrected chi connectivity index (χ4v) is 6.45. The van der Waals surface area contributed by atoms with Gasteiger partial charge < -0.3 is 9.88 Å². The van der Waals surface area contributed by atoms with Crippen LogP contribution in [0.5, 0.6) is 0 Å². The number of halogens is 3. The van der Waals surface area contributed by atoms with Gasteiger partial charge in [0.2, 0.25) is 0 Å². The largest absolute Gasteiger partial charge is 0.416 e.